The van der Waals surface area contributed by atoms with Crippen molar-refractivity contribution in [3.05, 3.63) is 46.9 Å². The highest BCUT2D eigenvalue weighted by Crippen LogP contribution is 2.32. The number of aryl methyl sites for hydroxylation is 1. The SMILES string of the molecule is COC(=O)/C=C\c1ccc(Oc2cc(Cl)nc(C)n2)c(OC)c1. The van der Waals surface area contributed by atoms with E-state index < -0.39 is 5.97 Å². The lowest BCUT2D eigenvalue weighted by Gasteiger charge is -2.10. The summed E-state index contributed by atoms with van der Waals surface area (Å²) in [6, 6.07) is 6.72. The Hall–Kier alpha value is -2.60. The van der Waals surface area contributed by atoms with Crippen LogP contribution in [0.1, 0.15) is 11.4 Å². The van der Waals surface area contributed by atoms with Crippen molar-refractivity contribution in [2.24, 2.45) is 0 Å². The minimum atomic E-state index is -0.435. The van der Waals surface area contributed by atoms with Gasteiger partial charge in [0.25, 0.3) is 0 Å². The number of aromatic nitrogens is 2. The number of rotatable bonds is 5. The van der Waals surface area contributed by atoms with Crippen molar-refractivity contribution in [3.8, 4) is 17.4 Å². The molecule has 0 amide bonds. The zero-order valence-corrected chi connectivity index (χ0v) is 13.6. The molecule has 0 fully saturated rings. The van der Waals surface area contributed by atoms with Crippen molar-refractivity contribution in [2.45, 2.75) is 6.92 Å². The van der Waals surface area contributed by atoms with Crippen LogP contribution in [0.2, 0.25) is 5.15 Å². The second kappa shape index (κ2) is 7.60. The van der Waals surface area contributed by atoms with E-state index in [1.54, 1.807) is 31.2 Å². The Bertz CT molecular complexity index is 727. The summed E-state index contributed by atoms with van der Waals surface area (Å²) < 4.78 is 15.5. The predicted molar refractivity (Wildman–Crippen MR) is 85.9 cm³/mol. The number of ether oxygens (including phenoxy) is 3. The van der Waals surface area contributed by atoms with E-state index in [-0.39, 0.29) is 0 Å². The van der Waals surface area contributed by atoms with Gasteiger partial charge in [-0.05, 0) is 30.7 Å². The standard InChI is InChI=1S/C16H15ClN2O4/c1-10-18-14(17)9-15(19-10)23-12-6-4-11(8-13(12)21-2)5-7-16(20)22-3/h4-9H,1-3H3/b7-5-. The van der Waals surface area contributed by atoms with E-state index in [0.717, 1.165) is 5.56 Å². The first-order chi connectivity index (χ1) is 11.0. The summed E-state index contributed by atoms with van der Waals surface area (Å²) in [5.74, 6) is 1.35. The van der Waals surface area contributed by atoms with Crippen molar-refractivity contribution in [3.63, 3.8) is 0 Å². The molecule has 2 rings (SSSR count). The molecule has 0 aliphatic rings. The lowest BCUT2D eigenvalue weighted by molar-refractivity contribution is -0.134. The first-order valence-electron chi connectivity index (χ1n) is 6.65. The topological polar surface area (TPSA) is 70.5 Å². The fourth-order valence-electron chi connectivity index (χ4n) is 1.77. The zero-order valence-electron chi connectivity index (χ0n) is 12.9. The van der Waals surface area contributed by atoms with Gasteiger partial charge in [-0.1, -0.05) is 17.7 Å². The molecule has 6 nitrogen and oxygen atoms in total. The molecule has 1 aromatic carbocycles. The zero-order chi connectivity index (χ0) is 16.8. The molecule has 23 heavy (non-hydrogen) atoms. The van der Waals surface area contributed by atoms with Crippen molar-refractivity contribution in [1.29, 1.82) is 0 Å². The quantitative estimate of drug-likeness (QED) is 0.474. The third-order valence-corrected chi connectivity index (χ3v) is 2.99. The van der Waals surface area contributed by atoms with Gasteiger partial charge in [-0.2, -0.15) is 4.98 Å². The molecule has 0 saturated heterocycles. The number of carbonyl (C=O) groups excluding carboxylic acids is 1. The molecule has 7 heteroatoms. The molecular weight excluding hydrogens is 320 g/mol. The van der Waals surface area contributed by atoms with Crippen LogP contribution in [0.5, 0.6) is 17.4 Å². The average Bonchev–Trinajstić information content (AvgIpc) is 2.52. The molecule has 2 aromatic rings. The van der Waals surface area contributed by atoms with Crippen LogP contribution in [0.3, 0.4) is 0 Å². The Morgan fingerprint density at radius 2 is 1.96 bits per heavy atom. The maximum Gasteiger partial charge on any atom is 0.330 e. The maximum atomic E-state index is 11.1. The first kappa shape index (κ1) is 16.8. The summed E-state index contributed by atoms with van der Waals surface area (Å²) in [7, 11) is 2.84. The van der Waals surface area contributed by atoms with E-state index in [4.69, 9.17) is 21.1 Å². The van der Waals surface area contributed by atoms with Gasteiger partial charge in [0.2, 0.25) is 5.88 Å². The normalized spacial score (nSPS) is 10.6. The second-order valence-electron chi connectivity index (χ2n) is 4.44. The summed E-state index contributed by atoms with van der Waals surface area (Å²) in [5, 5.41) is 0.295. The van der Waals surface area contributed by atoms with Gasteiger partial charge in [-0.3, -0.25) is 0 Å². The molecule has 1 aromatic heterocycles. The fourth-order valence-corrected chi connectivity index (χ4v) is 1.99. The fraction of sp³-hybridized carbons (Fsp3) is 0.188. The maximum absolute atomic E-state index is 11.1. The Morgan fingerprint density at radius 1 is 1.17 bits per heavy atom. The largest absolute Gasteiger partial charge is 0.493 e. The van der Waals surface area contributed by atoms with Gasteiger partial charge in [0, 0.05) is 12.1 Å². The number of carbonyl (C=O) groups is 1. The summed E-state index contributed by atoms with van der Waals surface area (Å²) in [5.41, 5.74) is 0.761. The number of hydrogen-bond donors (Lipinski definition) is 0. The molecule has 0 atom stereocenters. The van der Waals surface area contributed by atoms with E-state index in [0.29, 0.717) is 28.4 Å². The number of halogens is 1. The number of hydrogen-bond acceptors (Lipinski definition) is 6. The third kappa shape index (κ3) is 4.69. The van der Waals surface area contributed by atoms with Crippen LogP contribution >= 0.6 is 11.6 Å². The lowest BCUT2D eigenvalue weighted by atomic mass is 10.2. The molecular formula is C16H15ClN2O4. The molecule has 120 valence electrons. The first-order valence-corrected chi connectivity index (χ1v) is 7.02. The molecule has 0 unspecified atom stereocenters. The minimum Gasteiger partial charge on any atom is -0.493 e. The van der Waals surface area contributed by atoms with Crippen LogP contribution in [0.4, 0.5) is 0 Å². The number of nitrogens with zero attached hydrogens (tertiary/aromatic N) is 2. The van der Waals surface area contributed by atoms with Gasteiger partial charge in [0.15, 0.2) is 11.5 Å². The summed E-state index contributed by atoms with van der Waals surface area (Å²) in [4.78, 5) is 19.2. The second-order valence-corrected chi connectivity index (χ2v) is 4.83. The Morgan fingerprint density at radius 3 is 2.61 bits per heavy atom. The lowest BCUT2D eigenvalue weighted by Crippen LogP contribution is -1.96. The van der Waals surface area contributed by atoms with Gasteiger partial charge >= 0.3 is 5.97 Å². The Labute approximate surface area is 138 Å². The molecule has 0 aliphatic carbocycles. The van der Waals surface area contributed by atoms with Crippen molar-refractivity contribution in [1.82, 2.24) is 9.97 Å². The van der Waals surface area contributed by atoms with Crippen molar-refractivity contribution in [2.75, 3.05) is 14.2 Å². The number of methoxy groups -OCH3 is 2. The van der Waals surface area contributed by atoms with Gasteiger partial charge < -0.3 is 14.2 Å². The Kier molecular flexibility index (Phi) is 5.54. The van der Waals surface area contributed by atoms with E-state index >= 15 is 0 Å². The van der Waals surface area contributed by atoms with Crippen LogP contribution in [-0.2, 0) is 9.53 Å². The predicted octanol–water partition coefficient (Wildman–Crippen LogP) is 3.43. The van der Waals surface area contributed by atoms with E-state index in [2.05, 4.69) is 14.7 Å². The minimum absolute atomic E-state index is 0.295. The molecule has 0 saturated carbocycles. The van der Waals surface area contributed by atoms with Crippen LogP contribution in [-0.4, -0.2) is 30.2 Å². The van der Waals surface area contributed by atoms with E-state index in [1.165, 1.54) is 26.4 Å². The molecule has 0 spiro atoms. The average molecular weight is 335 g/mol. The van der Waals surface area contributed by atoms with Crippen LogP contribution in [0.25, 0.3) is 6.08 Å². The highest BCUT2D eigenvalue weighted by atomic mass is 35.5. The van der Waals surface area contributed by atoms with E-state index in [9.17, 15) is 4.79 Å². The Balaban J connectivity index is 2.25. The van der Waals surface area contributed by atoms with Gasteiger partial charge in [-0.15, -0.1) is 0 Å². The number of esters is 1. The highest BCUT2D eigenvalue weighted by Gasteiger charge is 2.09. The molecule has 0 bridgehead atoms. The summed E-state index contributed by atoms with van der Waals surface area (Å²) >= 11 is 5.88. The smallest absolute Gasteiger partial charge is 0.330 e. The van der Waals surface area contributed by atoms with E-state index in [1.807, 2.05) is 0 Å². The van der Waals surface area contributed by atoms with Crippen LogP contribution in [0, 0.1) is 6.92 Å². The van der Waals surface area contributed by atoms with Crippen LogP contribution in [0.15, 0.2) is 30.3 Å². The number of benzene rings is 1. The van der Waals surface area contributed by atoms with Crippen molar-refractivity contribution >= 4 is 23.6 Å². The molecule has 1 heterocycles. The van der Waals surface area contributed by atoms with Gasteiger partial charge in [0.05, 0.1) is 14.2 Å². The summed E-state index contributed by atoms with van der Waals surface area (Å²) in [6.07, 6.45) is 2.94. The highest BCUT2D eigenvalue weighted by molar-refractivity contribution is 6.29. The third-order valence-electron chi connectivity index (χ3n) is 2.80. The monoisotopic (exact) mass is 334 g/mol. The molecule has 0 N–H and O–H groups in total. The molecule has 0 aliphatic heterocycles. The summed E-state index contributed by atoms with van der Waals surface area (Å²) in [6.45, 7) is 1.72. The van der Waals surface area contributed by atoms with Crippen LogP contribution < -0.4 is 9.47 Å². The van der Waals surface area contributed by atoms with Crippen molar-refractivity contribution < 1.29 is 19.0 Å². The van der Waals surface area contributed by atoms with Gasteiger partial charge in [-0.25, -0.2) is 9.78 Å². The van der Waals surface area contributed by atoms with Gasteiger partial charge in [0.1, 0.15) is 11.0 Å². The molecule has 0 radical (unpaired) electrons.